The van der Waals surface area contributed by atoms with Gasteiger partial charge in [-0.05, 0) is 19.8 Å². The number of hydrogen-bond donors (Lipinski definition) is 1. The molecule has 0 aliphatic heterocycles. The van der Waals surface area contributed by atoms with Gasteiger partial charge in [0, 0.05) is 12.2 Å². The zero-order valence-electron chi connectivity index (χ0n) is 10.3. The van der Waals surface area contributed by atoms with Crippen LogP contribution in [-0.4, -0.2) is 21.2 Å². The van der Waals surface area contributed by atoms with Crippen LogP contribution in [0.1, 0.15) is 38.5 Å². The molecule has 0 amide bonds. The number of aromatic nitrogens is 3. The molecule has 1 fully saturated rings. The van der Waals surface area contributed by atoms with Gasteiger partial charge in [-0.2, -0.15) is 4.98 Å². The molecule has 0 radical (unpaired) electrons. The Bertz CT molecular complexity index is 524. The van der Waals surface area contributed by atoms with Crippen LogP contribution in [0.3, 0.4) is 0 Å². The Morgan fingerprint density at radius 3 is 3.11 bits per heavy atom. The van der Waals surface area contributed by atoms with Gasteiger partial charge in [0.1, 0.15) is 0 Å². The SMILES string of the molecule is CC1(c2nc(-c3cncs3)no2)CCCCC1N. The van der Waals surface area contributed by atoms with Crippen LogP contribution in [0.5, 0.6) is 0 Å². The Labute approximate surface area is 109 Å². The summed E-state index contributed by atoms with van der Waals surface area (Å²) in [6, 6.07) is 0.0982. The lowest BCUT2D eigenvalue weighted by Gasteiger charge is -2.35. The van der Waals surface area contributed by atoms with Crippen molar-refractivity contribution in [1.29, 1.82) is 0 Å². The number of nitrogens with two attached hydrogens (primary N) is 1. The molecule has 6 heteroatoms. The van der Waals surface area contributed by atoms with Crippen molar-refractivity contribution < 1.29 is 4.52 Å². The van der Waals surface area contributed by atoms with E-state index in [0.717, 1.165) is 17.7 Å². The third kappa shape index (κ3) is 1.85. The summed E-state index contributed by atoms with van der Waals surface area (Å²) in [6.07, 6.45) is 6.14. The highest BCUT2D eigenvalue weighted by Crippen LogP contribution is 2.38. The molecule has 0 aromatic carbocycles. The van der Waals surface area contributed by atoms with Crippen LogP contribution in [0.2, 0.25) is 0 Å². The van der Waals surface area contributed by atoms with Crippen molar-refractivity contribution in [3.8, 4) is 10.7 Å². The van der Waals surface area contributed by atoms with E-state index in [1.165, 1.54) is 24.2 Å². The zero-order valence-corrected chi connectivity index (χ0v) is 11.1. The monoisotopic (exact) mass is 264 g/mol. The maximum absolute atomic E-state index is 6.24. The summed E-state index contributed by atoms with van der Waals surface area (Å²) >= 11 is 1.51. The van der Waals surface area contributed by atoms with Gasteiger partial charge < -0.3 is 10.3 Å². The van der Waals surface area contributed by atoms with E-state index in [0.29, 0.717) is 11.7 Å². The van der Waals surface area contributed by atoms with Crippen molar-refractivity contribution in [3.05, 3.63) is 17.6 Å². The van der Waals surface area contributed by atoms with Gasteiger partial charge in [0.05, 0.1) is 15.8 Å². The second-order valence-corrected chi connectivity index (χ2v) is 5.94. The minimum absolute atomic E-state index is 0.0982. The summed E-state index contributed by atoms with van der Waals surface area (Å²) in [7, 11) is 0. The molecule has 96 valence electrons. The van der Waals surface area contributed by atoms with Crippen molar-refractivity contribution >= 4 is 11.3 Å². The molecule has 2 atom stereocenters. The highest BCUT2D eigenvalue weighted by Gasteiger charge is 2.40. The molecule has 2 N–H and O–H groups in total. The van der Waals surface area contributed by atoms with Crippen LogP contribution in [0.15, 0.2) is 16.2 Å². The minimum atomic E-state index is -0.186. The van der Waals surface area contributed by atoms with Crippen LogP contribution >= 0.6 is 11.3 Å². The molecule has 1 saturated carbocycles. The van der Waals surface area contributed by atoms with Gasteiger partial charge in [-0.3, -0.25) is 4.98 Å². The number of nitrogens with zero attached hydrogens (tertiary/aromatic N) is 3. The number of thiazole rings is 1. The van der Waals surface area contributed by atoms with Crippen molar-refractivity contribution in [1.82, 2.24) is 15.1 Å². The van der Waals surface area contributed by atoms with E-state index in [2.05, 4.69) is 22.0 Å². The standard InChI is InChI=1S/C12H16N4OS/c1-12(5-3-2-4-9(12)13)11-15-10(16-17-11)8-6-14-7-18-8/h6-7,9H,2-5,13H2,1H3. The first-order chi connectivity index (χ1) is 8.70. The second-order valence-electron chi connectivity index (χ2n) is 5.06. The van der Waals surface area contributed by atoms with Crippen LogP contribution in [0.25, 0.3) is 10.7 Å². The highest BCUT2D eigenvalue weighted by atomic mass is 32.1. The topological polar surface area (TPSA) is 77.8 Å². The molecule has 1 aliphatic carbocycles. The van der Waals surface area contributed by atoms with Gasteiger partial charge in [0.15, 0.2) is 0 Å². The summed E-state index contributed by atoms with van der Waals surface area (Å²) < 4.78 is 5.44. The Hall–Kier alpha value is -1.27. The lowest BCUT2D eigenvalue weighted by atomic mass is 9.72. The van der Waals surface area contributed by atoms with E-state index in [1.54, 1.807) is 11.7 Å². The Kier molecular flexibility index (Phi) is 2.91. The second kappa shape index (κ2) is 4.44. The fraction of sp³-hybridized carbons (Fsp3) is 0.583. The van der Waals surface area contributed by atoms with Crippen molar-refractivity contribution in [2.45, 2.75) is 44.1 Å². The van der Waals surface area contributed by atoms with Gasteiger partial charge >= 0.3 is 0 Å². The number of hydrogen-bond acceptors (Lipinski definition) is 6. The van der Waals surface area contributed by atoms with Gasteiger partial charge in [0.25, 0.3) is 0 Å². The van der Waals surface area contributed by atoms with Gasteiger partial charge in [-0.1, -0.05) is 18.0 Å². The maximum Gasteiger partial charge on any atom is 0.234 e. The van der Waals surface area contributed by atoms with E-state index in [1.807, 2.05) is 0 Å². The van der Waals surface area contributed by atoms with Gasteiger partial charge in [0.2, 0.25) is 11.7 Å². The molecular weight excluding hydrogens is 248 g/mol. The van der Waals surface area contributed by atoms with Crippen LogP contribution in [-0.2, 0) is 5.41 Å². The largest absolute Gasteiger partial charge is 0.338 e. The summed E-state index contributed by atoms with van der Waals surface area (Å²) in [4.78, 5) is 9.46. The maximum atomic E-state index is 6.24. The van der Waals surface area contributed by atoms with E-state index in [4.69, 9.17) is 10.3 Å². The number of rotatable bonds is 2. The first-order valence-electron chi connectivity index (χ1n) is 6.19. The molecule has 0 bridgehead atoms. The summed E-state index contributed by atoms with van der Waals surface area (Å²) in [5.74, 6) is 1.28. The molecule has 2 aromatic heterocycles. The molecule has 0 spiro atoms. The predicted molar refractivity (Wildman–Crippen MR) is 69.2 cm³/mol. The summed E-state index contributed by atoms with van der Waals surface area (Å²) in [6.45, 7) is 2.13. The smallest absolute Gasteiger partial charge is 0.234 e. The van der Waals surface area contributed by atoms with Gasteiger partial charge in [-0.25, -0.2) is 0 Å². The fourth-order valence-electron chi connectivity index (χ4n) is 2.51. The van der Waals surface area contributed by atoms with Crippen LogP contribution in [0, 0.1) is 0 Å². The van der Waals surface area contributed by atoms with Crippen molar-refractivity contribution in [3.63, 3.8) is 0 Å². The minimum Gasteiger partial charge on any atom is -0.338 e. The molecule has 5 nitrogen and oxygen atoms in total. The summed E-state index contributed by atoms with van der Waals surface area (Å²) in [5, 5.41) is 4.04. The first kappa shape index (κ1) is 11.8. The molecule has 1 aliphatic rings. The average molecular weight is 264 g/mol. The predicted octanol–water partition coefficient (Wildman–Crippen LogP) is 2.35. The van der Waals surface area contributed by atoms with E-state index >= 15 is 0 Å². The average Bonchev–Trinajstić information content (AvgIpc) is 3.01. The van der Waals surface area contributed by atoms with Gasteiger partial charge in [-0.15, -0.1) is 11.3 Å². The van der Waals surface area contributed by atoms with Crippen molar-refractivity contribution in [2.75, 3.05) is 0 Å². The third-order valence-corrected chi connectivity index (χ3v) is 4.62. The quantitative estimate of drug-likeness (QED) is 0.900. The zero-order chi connectivity index (χ0) is 12.6. The molecule has 2 unspecified atom stereocenters. The van der Waals surface area contributed by atoms with E-state index in [9.17, 15) is 0 Å². The summed E-state index contributed by atoms with van der Waals surface area (Å²) in [5.41, 5.74) is 7.81. The van der Waals surface area contributed by atoms with Crippen molar-refractivity contribution in [2.24, 2.45) is 5.73 Å². The van der Waals surface area contributed by atoms with Crippen LogP contribution < -0.4 is 5.73 Å². The van der Waals surface area contributed by atoms with Crippen LogP contribution in [0.4, 0.5) is 0 Å². The first-order valence-corrected chi connectivity index (χ1v) is 7.07. The van der Waals surface area contributed by atoms with E-state index in [-0.39, 0.29) is 11.5 Å². The molecule has 2 aromatic rings. The fourth-order valence-corrected chi connectivity index (χ4v) is 3.05. The molecule has 2 heterocycles. The normalized spacial score (nSPS) is 28.4. The lowest BCUT2D eigenvalue weighted by molar-refractivity contribution is 0.203. The molecule has 18 heavy (non-hydrogen) atoms. The molecule has 3 rings (SSSR count). The highest BCUT2D eigenvalue weighted by molar-refractivity contribution is 7.13. The Morgan fingerprint density at radius 1 is 1.50 bits per heavy atom. The third-order valence-electron chi connectivity index (χ3n) is 3.85. The molecule has 0 saturated heterocycles. The molecular formula is C12H16N4OS. The Morgan fingerprint density at radius 2 is 2.39 bits per heavy atom. The van der Waals surface area contributed by atoms with E-state index < -0.39 is 0 Å². The Balaban J connectivity index is 1.93. The lowest BCUT2D eigenvalue weighted by Crippen LogP contribution is -2.45.